The van der Waals surface area contributed by atoms with Gasteiger partial charge in [-0.25, -0.2) is 0 Å². The summed E-state index contributed by atoms with van der Waals surface area (Å²) in [6.45, 7) is 3.26. The van der Waals surface area contributed by atoms with Gasteiger partial charge >= 0.3 is 11.8 Å². The number of hydrogen-bond acceptors (Lipinski definition) is 3. The Morgan fingerprint density at radius 2 is 1.56 bits per heavy atom. The summed E-state index contributed by atoms with van der Waals surface area (Å²) < 4.78 is 0. The lowest BCUT2D eigenvalue weighted by atomic mass is 10.1. The Morgan fingerprint density at radius 1 is 0.963 bits per heavy atom. The van der Waals surface area contributed by atoms with Crippen molar-refractivity contribution in [1.29, 1.82) is 0 Å². The second-order valence-corrected chi connectivity index (χ2v) is 7.70. The minimum absolute atomic E-state index is 0.0283. The highest BCUT2D eigenvalue weighted by Crippen LogP contribution is 2.17. The van der Waals surface area contributed by atoms with Crippen LogP contribution in [0.5, 0.6) is 0 Å². The van der Waals surface area contributed by atoms with E-state index >= 15 is 0 Å². The van der Waals surface area contributed by atoms with Crippen molar-refractivity contribution in [3.05, 3.63) is 35.4 Å². The van der Waals surface area contributed by atoms with Crippen LogP contribution in [0.2, 0.25) is 0 Å². The number of carbonyl (C=O) groups is 3. The molecule has 6 nitrogen and oxygen atoms in total. The molecule has 1 aliphatic heterocycles. The molecule has 1 saturated carbocycles. The first-order valence-electron chi connectivity index (χ1n) is 9.96. The first kappa shape index (κ1) is 19.4. The molecule has 1 N–H and O–H groups in total. The summed E-state index contributed by atoms with van der Waals surface area (Å²) in [7, 11) is 0. The number of nitrogens with zero attached hydrogens (tertiary/aromatic N) is 2. The average Bonchev–Trinajstić information content (AvgIpc) is 2.92. The molecule has 146 valence electrons. The summed E-state index contributed by atoms with van der Waals surface area (Å²) in [5, 5.41) is 3.04. The zero-order valence-electron chi connectivity index (χ0n) is 16.1. The van der Waals surface area contributed by atoms with Gasteiger partial charge in [0.25, 0.3) is 0 Å². The van der Waals surface area contributed by atoms with Gasteiger partial charge in [0.15, 0.2) is 0 Å². The van der Waals surface area contributed by atoms with E-state index in [4.69, 9.17) is 0 Å². The fourth-order valence-corrected chi connectivity index (χ4v) is 3.80. The summed E-state index contributed by atoms with van der Waals surface area (Å²) >= 11 is 0. The number of amides is 3. The van der Waals surface area contributed by atoms with E-state index in [2.05, 4.69) is 5.32 Å². The lowest BCUT2D eigenvalue weighted by Gasteiger charge is -2.33. The number of rotatable bonds is 5. The van der Waals surface area contributed by atoms with Crippen LogP contribution in [0.15, 0.2) is 24.3 Å². The van der Waals surface area contributed by atoms with Gasteiger partial charge < -0.3 is 15.1 Å². The molecule has 3 amide bonds. The van der Waals surface area contributed by atoms with E-state index < -0.39 is 11.8 Å². The number of benzene rings is 1. The highest BCUT2D eigenvalue weighted by Gasteiger charge is 2.33. The van der Waals surface area contributed by atoms with Crippen LogP contribution < -0.4 is 5.32 Å². The van der Waals surface area contributed by atoms with Gasteiger partial charge in [-0.2, -0.15) is 0 Å². The molecule has 1 aliphatic carbocycles. The lowest BCUT2D eigenvalue weighted by molar-refractivity contribution is -0.157. The quantitative estimate of drug-likeness (QED) is 0.636. The molecular weight excluding hydrogens is 342 g/mol. The number of carbonyl (C=O) groups excluding carboxylic acids is 3. The molecule has 6 heteroatoms. The molecule has 1 aromatic rings. The third-order valence-electron chi connectivity index (χ3n) is 5.45. The van der Waals surface area contributed by atoms with Crippen LogP contribution >= 0.6 is 0 Å². The van der Waals surface area contributed by atoms with Gasteiger partial charge in [-0.3, -0.25) is 14.4 Å². The molecule has 0 spiro atoms. The van der Waals surface area contributed by atoms with Crippen LogP contribution in [-0.4, -0.2) is 53.2 Å². The normalized spacial score (nSPS) is 19.1. The van der Waals surface area contributed by atoms with Crippen LogP contribution in [0.3, 0.4) is 0 Å². The Bertz CT molecular complexity index is 678. The fraction of sp³-hybridized carbons (Fsp3) is 0.571. The van der Waals surface area contributed by atoms with E-state index in [1.807, 2.05) is 31.2 Å². The van der Waals surface area contributed by atoms with E-state index in [-0.39, 0.29) is 18.5 Å². The monoisotopic (exact) mass is 371 g/mol. The summed E-state index contributed by atoms with van der Waals surface area (Å²) in [5.74, 6) is -1.26. The van der Waals surface area contributed by atoms with Gasteiger partial charge in [-0.05, 0) is 25.3 Å². The standard InChI is InChI=1S/C21H29N3O3/c1-16-8-10-17(11-9-16)14-23-12-13-24(21(27)20(23)26)15-19(25)22-18-6-4-2-3-5-7-18/h8-11,18H,2-7,12-15H2,1H3,(H,22,25). The van der Waals surface area contributed by atoms with Gasteiger partial charge in [0.05, 0.1) is 0 Å². The van der Waals surface area contributed by atoms with Crippen molar-refractivity contribution < 1.29 is 14.4 Å². The zero-order valence-corrected chi connectivity index (χ0v) is 16.1. The topological polar surface area (TPSA) is 69.7 Å². The van der Waals surface area contributed by atoms with Gasteiger partial charge in [0, 0.05) is 25.7 Å². The minimum atomic E-state index is -0.579. The predicted octanol–water partition coefficient (Wildman–Crippen LogP) is 2.00. The van der Waals surface area contributed by atoms with Crippen LogP contribution in [0, 0.1) is 6.92 Å². The van der Waals surface area contributed by atoms with E-state index in [0.29, 0.717) is 19.6 Å². The van der Waals surface area contributed by atoms with Crippen molar-refractivity contribution in [3.63, 3.8) is 0 Å². The van der Waals surface area contributed by atoms with E-state index in [1.165, 1.54) is 17.7 Å². The maximum atomic E-state index is 12.4. The zero-order chi connectivity index (χ0) is 19.2. The Hall–Kier alpha value is -2.37. The Kier molecular flexibility index (Phi) is 6.48. The second kappa shape index (κ2) is 9.02. The number of nitrogens with one attached hydrogen (secondary N) is 1. The highest BCUT2D eigenvalue weighted by molar-refractivity contribution is 6.35. The van der Waals surface area contributed by atoms with Crippen LogP contribution in [0.25, 0.3) is 0 Å². The van der Waals surface area contributed by atoms with Crippen LogP contribution in [0.1, 0.15) is 49.7 Å². The smallest absolute Gasteiger partial charge is 0.312 e. The molecule has 2 fully saturated rings. The molecule has 0 bridgehead atoms. The second-order valence-electron chi connectivity index (χ2n) is 7.70. The first-order chi connectivity index (χ1) is 13.0. The average molecular weight is 371 g/mol. The molecule has 27 heavy (non-hydrogen) atoms. The fourth-order valence-electron chi connectivity index (χ4n) is 3.80. The lowest BCUT2D eigenvalue weighted by Crippen LogP contribution is -2.56. The summed E-state index contributed by atoms with van der Waals surface area (Å²) in [6, 6.07) is 8.14. The maximum Gasteiger partial charge on any atom is 0.312 e. The van der Waals surface area contributed by atoms with Gasteiger partial charge in [-0.1, -0.05) is 55.5 Å². The van der Waals surface area contributed by atoms with Crippen LogP contribution in [-0.2, 0) is 20.9 Å². The Morgan fingerprint density at radius 3 is 2.22 bits per heavy atom. The number of aryl methyl sites for hydroxylation is 1. The predicted molar refractivity (Wildman–Crippen MR) is 103 cm³/mol. The van der Waals surface area contributed by atoms with E-state index in [0.717, 1.165) is 36.8 Å². The summed E-state index contributed by atoms with van der Waals surface area (Å²) in [5.41, 5.74) is 2.16. The van der Waals surface area contributed by atoms with E-state index in [9.17, 15) is 14.4 Å². The van der Waals surface area contributed by atoms with Crippen molar-refractivity contribution in [3.8, 4) is 0 Å². The molecule has 0 atom stereocenters. The summed E-state index contributed by atoms with van der Waals surface area (Å²) in [6.07, 6.45) is 6.73. The molecule has 1 saturated heterocycles. The maximum absolute atomic E-state index is 12.4. The molecule has 2 aliphatic rings. The molecule has 0 radical (unpaired) electrons. The van der Waals surface area contributed by atoms with Gasteiger partial charge in [0.2, 0.25) is 5.91 Å². The van der Waals surface area contributed by atoms with Crippen LogP contribution in [0.4, 0.5) is 0 Å². The van der Waals surface area contributed by atoms with Gasteiger partial charge in [-0.15, -0.1) is 0 Å². The number of hydrogen-bond donors (Lipinski definition) is 1. The Labute approximate surface area is 160 Å². The number of piperazine rings is 1. The molecule has 0 aromatic heterocycles. The summed E-state index contributed by atoms with van der Waals surface area (Å²) in [4.78, 5) is 40.1. The molecule has 3 rings (SSSR count). The minimum Gasteiger partial charge on any atom is -0.352 e. The molecule has 1 aromatic carbocycles. The first-order valence-corrected chi connectivity index (χ1v) is 9.96. The molecule has 0 unspecified atom stereocenters. The third kappa shape index (κ3) is 5.31. The highest BCUT2D eigenvalue weighted by atomic mass is 16.2. The Balaban J connectivity index is 1.50. The molecule has 1 heterocycles. The van der Waals surface area contributed by atoms with Crippen molar-refractivity contribution in [2.24, 2.45) is 0 Å². The largest absolute Gasteiger partial charge is 0.352 e. The SMILES string of the molecule is Cc1ccc(CN2CCN(CC(=O)NC3CCCCCC3)C(=O)C2=O)cc1. The van der Waals surface area contributed by atoms with Crippen molar-refractivity contribution in [2.45, 2.75) is 58.0 Å². The van der Waals surface area contributed by atoms with Crippen molar-refractivity contribution in [2.75, 3.05) is 19.6 Å². The molecular formula is C21H29N3O3. The van der Waals surface area contributed by atoms with Crippen molar-refractivity contribution >= 4 is 17.7 Å². The van der Waals surface area contributed by atoms with Crippen molar-refractivity contribution in [1.82, 2.24) is 15.1 Å². The third-order valence-corrected chi connectivity index (χ3v) is 5.45. The van der Waals surface area contributed by atoms with E-state index in [1.54, 1.807) is 4.90 Å². The van der Waals surface area contributed by atoms with Gasteiger partial charge in [0.1, 0.15) is 6.54 Å².